The number of rotatable bonds is 23. The Morgan fingerprint density at radius 3 is 1.71 bits per heavy atom. The van der Waals surface area contributed by atoms with E-state index in [-0.39, 0.29) is 39.6 Å². The molecule has 310 valence electrons. The summed E-state index contributed by atoms with van der Waals surface area (Å²) in [6.07, 6.45) is -7.59. The molecule has 5 aromatic carbocycles. The zero-order chi connectivity index (χ0) is 41.1. The third-order valence-electron chi connectivity index (χ3n) is 9.77. The first-order valence-electron chi connectivity index (χ1n) is 19.5. The molecule has 1 fully saturated rings. The highest BCUT2D eigenvalue weighted by Gasteiger charge is 2.50. The van der Waals surface area contributed by atoms with Crippen LogP contribution in [0.15, 0.2) is 151 Å². The van der Waals surface area contributed by atoms with Gasteiger partial charge in [0, 0.05) is 4.91 Å². The number of hydrogen-bond donors (Lipinski definition) is 2. The molecule has 5 aromatic rings. The van der Waals surface area contributed by atoms with Crippen molar-refractivity contribution in [2.75, 3.05) is 26.9 Å². The second-order valence-electron chi connectivity index (χ2n) is 13.9. The lowest BCUT2D eigenvalue weighted by Crippen LogP contribution is -2.62. The molecule has 0 aromatic heterocycles. The summed E-state index contributed by atoms with van der Waals surface area (Å²) in [4.78, 5) is 3.20. The first-order chi connectivity index (χ1) is 29.0. The van der Waals surface area contributed by atoms with Crippen molar-refractivity contribution in [3.8, 4) is 11.5 Å². The average Bonchev–Trinajstić information content (AvgIpc) is 3.29. The van der Waals surface area contributed by atoms with E-state index in [1.807, 2.05) is 121 Å². The van der Waals surface area contributed by atoms with Gasteiger partial charge in [-0.3, -0.25) is 0 Å². The fourth-order valence-electron chi connectivity index (χ4n) is 6.67. The fourth-order valence-corrected chi connectivity index (χ4v) is 6.67. The minimum absolute atomic E-state index is 0.0458. The van der Waals surface area contributed by atoms with E-state index in [1.165, 1.54) is 0 Å². The highest BCUT2D eigenvalue weighted by atomic mass is 16.7. The highest BCUT2D eigenvalue weighted by Crippen LogP contribution is 2.33. The lowest BCUT2D eigenvalue weighted by atomic mass is 9.96. The molecule has 1 aliphatic rings. The van der Waals surface area contributed by atoms with Gasteiger partial charge in [0.2, 0.25) is 0 Å². The number of aliphatic hydroxyl groups is 2. The number of hydrogen-bond acceptors (Lipinski definition) is 11. The molecule has 0 bridgehead atoms. The lowest BCUT2D eigenvalue weighted by Gasteiger charge is -2.46. The van der Waals surface area contributed by atoms with Gasteiger partial charge < -0.3 is 48.1 Å². The monoisotopic (exact) mass is 805 g/mol. The van der Waals surface area contributed by atoms with Gasteiger partial charge in [-0.25, -0.2) is 0 Å². The minimum Gasteiger partial charge on any atom is -0.497 e. The van der Waals surface area contributed by atoms with Crippen LogP contribution in [0.1, 0.15) is 22.3 Å². The third-order valence-corrected chi connectivity index (χ3v) is 9.77. The fraction of sp³-hybridized carbons (Fsp3) is 0.348. The first-order valence-corrected chi connectivity index (χ1v) is 19.5. The summed E-state index contributed by atoms with van der Waals surface area (Å²) in [6.45, 7) is 0.0175. The Morgan fingerprint density at radius 2 is 1.19 bits per heavy atom. The molecule has 0 saturated carbocycles. The summed E-state index contributed by atoms with van der Waals surface area (Å²) in [7, 11) is 1.57. The van der Waals surface area contributed by atoms with Crippen LogP contribution in [-0.4, -0.2) is 86.1 Å². The zero-order valence-corrected chi connectivity index (χ0v) is 32.9. The van der Waals surface area contributed by atoms with Gasteiger partial charge in [0.05, 0.1) is 46.8 Å². The van der Waals surface area contributed by atoms with Gasteiger partial charge in [-0.05, 0) is 52.1 Å². The van der Waals surface area contributed by atoms with Crippen molar-refractivity contribution >= 4 is 0 Å². The molecule has 59 heavy (non-hydrogen) atoms. The quantitative estimate of drug-likeness (QED) is 0.0393. The molecule has 0 aliphatic carbocycles. The van der Waals surface area contributed by atoms with Gasteiger partial charge in [-0.15, -0.1) is 0 Å². The molecule has 2 N–H and O–H groups in total. The van der Waals surface area contributed by atoms with Crippen molar-refractivity contribution in [3.63, 3.8) is 0 Å². The van der Waals surface area contributed by atoms with Gasteiger partial charge in [0.25, 0.3) is 0 Å². The van der Waals surface area contributed by atoms with Crippen molar-refractivity contribution < 1.29 is 48.1 Å². The molecule has 3 unspecified atom stereocenters. The van der Waals surface area contributed by atoms with E-state index in [1.54, 1.807) is 31.4 Å². The van der Waals surface area contributed by atoms with Crippen LogP contribution in [0.3, 0.4) is 0 Å². The van der Waals surface area contributed by atoms with Crippen LogP contribution in [0.2, 0.25) is 0 Å². The Kier molecular flexibility index (Phi) is 17.1. The molecule has 0 amide bonds. The number of benzene rings is 5. The van der Waals surface area contributed by atoms with Gasteiger partial charge in [0.1, 0.15) is 60.8 Å². The number of nitrogens with zero attached hydrogens (tertiary/aromatic N) is 3. The normalized spacial score (nSPS) is 20.5. The average molecular weight is 806 g/mol. The van der Waals surface area contributed by atoms with Gasteiger partial charge in [-0.2, -0.15) is 0 Å². The van der Waals surface area contributed by atoms with Crippen LogP contribution >= 0.6 is 0 Å². The first kappa shape index (κ1) is 43.3. The summed E-state index contributed by atoms with van der Waals surface area (Å²) >= 11 is 0. The molecule has 13 heteroatoms. The Morgan fingerprint density at radius 1 is 0.678 bits per heavy atom. The van der Waals surface area contributed by atoms with E-state index in [0.29, 0.717) is 11.5 Å². The highest BCUT2D eigenvalue weighted by molar-refractivity contribution is 5.31. The smallest absolute Gasteiger partial charge is 0.169 e. The number of methoxy groups -OCH3 is 1. The van der Waals surface area contributed by atoms with Crippen LogP contribution in [0.25, 0.3) is 10.4 Å². The van der Waals surface area contributed by atoms with Crippen molar-refractivity contribution in [1.82, 2.24) is 0 Å². The van der Waals surface area contributed by atoms with E-state index >= 15 is 0 Å². The molecule has 6 rings (SSSR count). The Bertz CT molecular complexity index is 1960. The molecule has 1 heterocycles. The molecule has 0 spiro atoms. The van der Waals surface area contributed by atoms with Crippen LogP contribution in [0.5, 0.6) is 11.5 Å². The van der Waals surface area contributed by atoms with E-state index in [9.17, 15) is 15.7 Å². The predicted molar refractivity (Wildman–Crippen MR) is 219 cm³/mol. The number of aliphatic hydroxyl groups excluding tert-OH is 2. The van der Waals surface area contributed by atoms with Gasteiger partial charge >= 0.3 is 0 Å². The molecule has 1 aliphatic heterocycles. The second kappa shape index (κ2) is 23.3. The summed E-state index contributed by atoms with van der Waals surface area (Å²) in [6, 6.07) is 44.2. The summed E-state index contributed by atoms with van der Waals surface area (Å²) in [5.74, 6) is 1.11. The van der Waals surface area contributed by atoms with Crippen molar-refractivity contribution in [2.24, 2.45) is 5.11 Å². The SMILES string of the molecule is COc1ccc(OCC(O)C(O[C@@H]2O[C@H](COCc3ccccc3)[C@@H](OCc3ccccc3)[C@H](OCc3ccccc3)[C@H]2N=[N+]=[N-])C(CO)OCc2ccccc2)cc1. The van der Waals surface area contributed by atoms with Crippen molar-refractivity contribution in [3.05, 3.63) is 178 Å². The topological polar surface area (TPSA) is 163 Å². The van der Waals surface area contributed by atoms with E-state index < -0.39 is 55.6 Å². The second-order valence-corrected chi connectivity index (χ2v) is 13.9. The standard InChI is InChI=1S/C46H51N3O10/c1-52-37-22-24-38(25-23-37)54-31-39(51)43(40(26-50)55-28-34-16-8-3-9-17-34)59-46-42(48-49-47)45(57-30-36-20-12-5-13-21-36)44(56-29-35-18-10-4-11-19-35)41(58-46)32-53-27-33-14-6-2-7-15-33/h2-25,39-46,50-51H,26-32H2,1H3/t39?,40?,41-,42-,43?,44-,45-,46+/m1/s1. The van der Waals surface area contributed by atoms with E-state index in [2.05, 4.69) is 10.0 Å². The largest absolute Gasteiger partial charge is 0.497 e. The third kappa shape index (κ3) is 13.1. The minimum atomic E-state index is -1.37. The molecular formula is C46H51N3O10. The van der Waals surface area contributed by atoms with Crippen LogP contribution in [-0.2, 0) is 54.8 Å². The summed E-state index contributed by atoms with van der Waals surface area (Å²) < 4.78 is 50.3. The van der Waals surface area contributed by atoms with Crippen molar-refractivity contribution in [2.45, 2.75) is 75.4 Å². The Labute approximate surface area is 344 Å². The molecule has 13 nitrogen and oxygen atoms in total. The zero-order valence-electron chi connectivity index (χ0n) is 32.9. The molecule has 8 atom stereocenters. The molecule has 0 radical (unpaired) electrons. The lowest BCUT2D eigenvalue weighted by molar-refractivity contribution is -0.312. The Hall–Kier alpha value is -5.31. The van der Waals surface area contributed by atoms with Crippen LogP contribution < -0.4 is 9.47 Å². The number of ether oxygens (including phenoxy) is 8. The maximum Gasteiger partial charge on any atom is 0.169 e. The Balaban J connectivity index is 1.32. The van der Waals surface area contributed by atoms with E-state index in [4.69, 9.17) is 37.9 Å². The molecule has 1 saturated heterocycles. The molecular weight excluding hydrogens is 755 g/mol. The van der Waals surface area contributed by atoms with E-state index in [0.717, 1.165) is 22.3 Å². The predicted octanol–water partition coefficient (Wildman–Crippen LogP) is 7.19. The van der Waals surface area contributed by atoms with Crippen LogP contribution in [0.4, 0.5) is 0 Å². The number of azide groups is 1. The van der Waals surface area contributed by atoms with Gasteiger partial charge in [0.15, 0.2) is 6.29 Å². The van der Waals surface area contributed by atoms with Gasteiger partial charge in [-0.1, -0.05) is 126 Å². The maximum absolute atomic E-state index is 11.8. The summed E-state index contributed by atoms with van der Waals surface area (Å²) in [5.41, 5.74) is 13.6. The van der Waals surface area contributed by atoms with Crippen molar-refractivity contribution in [1.29, 1.82) is 0 Å². The summed E-state index contributed by atoms with van der Waals surface area (Å²) in [5, 5.41) is 26.8. The van der Waals surface area contributed by atoms with Crippen LogP contribution in [0, 0.1) is 0 Å². The maximum atomic E-state index is 11.8.